The van der Waals surface area contributed by atoms with Gasteiger partial charge in [-0.05, 0) is 38.9 Å². The lowest BCUT2D eigenvalue weighted by molar-refractivity contribution is -0.118. The molecule has 0 radical (unpaired) electrons. The van der Waals surface area contributed by atoms with Crippen LogP contribution in [0.15, 0.2) is 40.0 Å². The van der Waals surface area contributed by atoms with Crippen molar-refractivity contribution in [1.29, 1.82) is 0 Å². The number of likely N-dealkylation sites (N-methyl/N-ethyl adjacent to an activating group) is 1. The Bertz CT molecular complexity index is 833. The van der Waals surface area contributed by atoms with Gasteiger partial charge in [0.1, 0.15) is 0 Å². The van der Waals surface area contributed by atoms with E-state index in [1.807, 2.05) is 31.2 Å². The molecule has 3 rings (SSSR count). The number of benzene rings is 1. The van der Waals surface area contributed by atoms with E-state index in [-0.39, 0.29) is 11.5 Å². The van der Waals surface area contributed by atoms with E-state index in [9.17, 15) is 9.59 Å². The monoisotopic (exact) mass is 373 g/mol. The van der Waals surface area contributed by atoms with Gasteiger partial charge in [-0.25, -0.2) is 0 Å². The number of nitrogens with zero attached hydrogens (tertiary/aromatic N) is 2. The second-order valence-electron chi connectivity index (χ2n) is 6.63. The van der Waals surface area contributed by atoms with Gasteiger partial charge in [0.25, 0.3) is 5.56 Å². The molecule has 2 aromatic rings. The molecule has 2 heterocycles. The fourth-order valence-corrected chi connectivity index (χ4v) is 4.62. The zero-order chi connectivity index (χ0) is 18.5. The molecule has 1 atom stereocenters. The molecular weight excluding hydrogens is 346 g/mol. The maximum absolute atomic E-state index is 12.3. The van der Waals surface area contributed by atoms with Crippen LogP contribution in [0.2, 0.25) is 0 Å². The number of hydrogen-bond donors (Lipinski definition) is 1. The number of fused-ring (bicyclic) bond motifs is 1. The second-order valence-corrected chi connectivity index (χ2v) is 7.64. The van der Waals surface area contributed by atoms with E-state index < -0.39 is 0 Å². The summed E-state index contributed by atoms with van der Waals surface area (Å²) in [4.78, 5) is 27.9. The highest BCUT2D eigenvalue weighted by Gasteiger charge is 2.23. The minimum absolute atomic E-state index is 0.0151. The van der Waals surface area contributed by atoms with Gasteiger partial charge >= 0.3 is 0 Å². The number of carbonyl (C=O) groups excluding carboxylic acids is 1. The summed E-state index contributed by atoms with van der Waals surface area (Å²) in [6.07, 6.45) is 2.37. The van der Waals surface area contributed by atoms with E-state index in [0.717, 1.165) is 35.3 Å². The molecule has 5 nitrogen and oxygen atoms in total. The van der Waals surface area contributed by atoms with Crippen molar-refractivity contribution >= 4 is 28.6 Å². The number of aryl methyl sites for hydroxylation is 1. The Hall–Kier alpha value is -1.79. The molecule has 1 N–H and O–H groups in total. The third-order valence-corrected chi connectivity index (χ3v) is 6.15. The minimum Gasteiger partial charge on any atom is -0.354 e. The molecule has 6 heteroatoms. The third kappa shape index (κ3) is 4.13. The lowest BCUT2D eigenvalue weighted by Crippen LogP contribution is -2.40. The number of aromatic nitrogens is 1. The molecule has 1 amide bonds. The smallest absolute Gasteiger partial charge is 0.252 e. The summed E-state index contributed by atoms with van der Waals surface area (Å²) in [5.41, 5.74) is 0.911. The summed E-state index contributed by atoms with van der Waals surface area (Å²) < 4.78 is 1.76. The number of thioether (sulfide) groups is 1. The Morgan fingerprint density at radius 2 is 2.08 bits per heavy atom. The van der Waals surface area contributed by atoms with E-state index in [4.69, 9.17) is 0 Å². The predicted molar refractivity (Wildman–Crippen MR) is 108 cm³/mol. The van der Waals surface area contributed by atoms with Crippen molar-refractivity contribution in [3.8, 4) is 0 Å². The SMILES string of the molecule is CCN1CCC[C@H]1CNC(=O)CSc1cc(=O)n(CC)c2ccccc12. The molecule has 26 heavy (non-hydrogen) atoms. The molecule has 0 unspecified atom stereocenters. The summed E-state index contributed by atoms with van der Waals surface area (Å²) in [5, 5.41) is 4.09. The number of para-hydroxylation sites is 1. The summed E-state index contributed by atoms with van der Waals surface area (Å²) in [6, 6.07) is 10.00. The number of carbonyl (C=O) groups is 1. The first kappa shape index (κ1) is 19.0. The Kier molecular flexibility index (Phi) is 6.38. The molecule has 140 valence electrons. The topological polar surface area (TPSA) is 54.3 Å². The molecular formula is C20H27N3O2S. The van der Waals surface area contributed by atoms with Crippen LogP contribution in [-0.4, -0.2) is 46.8 Å². The van der Waals surface area contributed by atoms with Gasteiger partial charge in [0, 0.05) is 35.5 Å². The van der Waals surface area contributed by atoms with E-state index in [0.29, 0.717) is 24.9 Å². The molecule has 1 fully saturated rings. The van der Waals surface area contributed by atoms with Gasteiger partial charge < -0.3 is 9.88 Å². The molecule has 1 aromatic carbocycles. The molecule has 0 saturated carbocycles. The van der Waals surface area contributed by atoms with Crippen LogP contribution in [0.25, 0.3) is 10.9 Å². The van der Waals surface area contributed by atoms with Crippen molar-refractivity contribution in [3.05, 3.63) is 40.7 Å². The first-order valence-electron chi connectivity index (χ1n) is 9.40. The van der Waals surface area contributed by atoms with Crippen LogP contribution in [0.1, 0.15) is 26.7 Å². The maximum Gasteiger partial charge on any atom is 0.252 e. The number of amides is 1. The van der Waals surface area contributed by atoms with Crippen molar-refractivity contribution in [1.82, 2.24) is 14.8 Å². The number of rotatable bonds is 7. The van der Waals surface area contributed by atoms with Crippen LogP contribution >= 0.6 is 11.8 Å². The zero-order valence-corrected chi connectivity index (χ0v) is 16.3. The highest BCUT2D eigenvalue weighted by molar-refractivity contribution is 8.00. The number of likely N-dealkylation sites (tertiary alicyclic amines) is 1. The molecule has 0 bridgehead atoms. The molecule has 1 saturated heterocycles. The van der Waals surface area contributed by atoms with E-state index in [1.54, 1.807) is 10.6 Å². The lowest BCUT2D eigenvalue weighted by Gasteiger charge is -2.22. The van der Waals surface area contributed by atoms with Crippen molar-refractivity contribution in [3.63, 3.8) is 0 Å². The van der Waals surface area contributed by atoms with Crippen molar-refractivity contribution in [2.75, 3.05) is 25.4 Å². The third-order valence-electron chi connectivity index (χ3n) is 5.10. The Labute approximate surface area is 158 Å². The molecule has 0 aliphatic carbocycles. The Morgan fingerprint density at radius 1 is 1.27 bits per heavy atom. The first-order chi connectivity index (χ1) is 12.6. The van der Waals surface area contributed by atoms with Gasteiger partial charge in [-0.2, -0.15) is 0 Å². The van der Waals surface area contributed by atoms with E-state index >= 15 is 0 Å². The zero-order valence-electron chi connectivity index (χ0n) is 15.5. The average molecular weight is 374 g/mol. The van der Waals surface area contributed by atoms with Crippen molar-refractivity contribution in [2.24, 2.45) is 0 Å². The van der Waals surface area contributed by atoms with Gasteiger partial charge in [-0.1, -0.05) is 25.1 Å². The highest BCUT2D eigenvalue weighted by atomic mass is 32.2. The Balaban J connectivity index is 1.64. The number of hydrogen-bond acceptors (Lipinski definition) is 4. The van der Waals surface area contributed by atoms with Crippen molar-refractivity contribution in [2.45, 2.75) is 44.2 Å². The maximum atomic E-state index is 12.3. The normalized spacial score (nSPS) is 17.7. The summed E-state index contributed by atoms with van der Waals surface area (Å²) in [7, 11) is 0. The predicted octanol–water partition coefficient (Wildman–Crippen LogP) is 2.71. The minimum atomic E-state index is -0.0151. The van der Waals surface area contributed by atoms with E-state index in [1.165, 1.54) is 18.2 Å². The first-order valence-corrected chi connectivity index (χ1v) is 10.4. The molecule has 1 aromatic heterocycles. The standard InChI is InChI=1S/C20H27N3O2S/c1-3-22-11-7-8-15(22)13-21-19(24)14-26-18-12-20(25)23(4-2)17-10-6-5-9-16(17)18/h5-6,9-10,12,15H,3-4,7-8,11,13-14H2,1-2H3,(H,21,24)/t15-/m0/s1. The highest BCUT2D eigenvalue weighted by Crippen LogP contribution is 2.26. The van der Waals surface area contributed by atoms with Crippen LogP contribution in [0.3, 0.4) is 0 Å². The summed E-state index contributed by atoms with van der Waals surface area (Å²) in [6.45, 7) is 7.66. The Morgan fingerprint density at radius 3 is 2.85 bits per heavy atom. The fourth-order valence-electron chi connectivity index (χ4n) is 3.72. The average Bonchev–Trinajstić information content (AvgIpc) is 3.12. The molecule has 0 spiro atoms. The van der Waals surface area contributed by atoms with Crippen LogP contribution in [0, 0.1) is 0 Å². The van der Waals surface area contributed by atoms with Gasteiger partial charge in [0.15, 0.2) is 0 Å². The van der Waals surface area contributed by atoms with Crippen LogP contribution in [0.4, 0.5) is 0 Å². The fraction of sp³-hybridized carbons (Fsp3) is 0.500. The van der Waals surface area contributed by atoms with Crippen molar-refractivity contribution < 1.29 is 4.79 Å². The van der Waals surface area contributed by atoms with Gasteiger partial charge in [0.05, 0.1) is 11.3 Å². The van der Waals surface area contributed by atoms with Crippen LogP contribution in [0.5, 0.6) is 0 Å². The largest absolute Gasteiger partial charge is 0.354 e. The summed E-state index contributed by atoms with van der Waals surface area (Å²) in [5.74, 6) is 0.361. The second kappa shape index (κ2) is 8.73. The number of pyridine rings is 1. The molecule has 1 aliphatic rings. The van der Waals surface area contributed by atoms with E-state index in [2.05, 4.69) is 17.1 Å². The van der Waals surface area contributed by atoms with Crippen LogP contribution < -0.4 is 10.9 Å². The lowest BCUT2D eigenvalue weighted by atomic mass is 10.2. The van der Waals surface area contributed by atoms with Gasteiger partial charge in [0.2, 0.25) is 5.91 Å². The van der Waals surface area contributed by atoms with Gasteiger partial charge in [-0.3, -0.25) is 14.5 Å². The summed E-state index contributed by atoms with van der Waals surface area (Å²) >= 11 is 1.44. The van der Waals surface area contributed by atoms with Gasteiger partial charge in [-0.15, -0.1) is 11.8 Å². The van der Waals surface area contributed by atoms with Crippen LogP contribution in [-0.2, 0) is 11.3 Å². The molecule has 1 aliphatic heterocycles. The number of nitrogens with one attached hydrogen (secondary N) is 1. The quantitative estimate of drug-likeness (QED) is 0.758.